The van der Waals surface area contributed by atoms with Gasteiger partial charge < -0.3 is 9.64 Å². The van der Waals surface area contributed by atoms with Crippen LogP contribution in [0.3, 0.4) is 0 Å². The first-order chi connectivity index (χ1) is 12.3. The molecule has 2 fully saturated rings. The van der Waals surface area contributed by atoms with Gasteiger partial charge in [0.05, 0.1) is 24.5 Å². The van der Waals surface area contributed by atoms with Crippen LogP contribution in [0.2, 0.25) is 0 Å². The Balaban J connectivity index is 1.55. The number of rotatable bonds is 6. The number of hydrogen-bond acceptors (Lipinski definition) is 4. The Hall–Kier alpha value is -2.40. The lowest BCUT2D eigenvalue weighted by molar-refractivity contribution is -0.122. The minimum absolute atomic E-state index is 0.0700. The standard InChI is InChI=1S/C20H23N3O2/c1-25-19-8-3-2-7-17(19)22-13-11-18(20(22)24)23(16-9-10-16)14-15-6-4-5-12-21-15/h2-8,12,16,18H,9-11,13-14H2,1H3/t18-/m1/s1. The summed E-state index contributed by atoms with van der Waals surface area (Å²) in [6.45, 7) is 1.47. The van der Waals surface area contributed by atoms with Gasteiger partial charge in [0.15, 0.2) is 0 Å². The third kappa shape index (κ3) is 3.24. The smallest absolute Gasteiger partial charge is 0.244 e. The lowest BCUT2D eigenvalue weighted by atomic mass is 10.2. The minimum Gasteiger partial charge on any atom is -0.495 e. The van der Waals surface area contributed by atoms with Crippen LogP contribution in [0.15, 0.2) is 48.7 Å². The van der Waals surface area contributed by atoms with Gasteiger partial charge in [-0.2, -0.15) is 0 Å². The molecule has 0 radical (unpaired) electrons. The molecule has 2 aromatic rings. The highest BCUT2D eigenvalue weighted by Gasteiger charge is 2.43. The van der Waals surface area contributed by atoms with Crippen molar-refractivity contribution >= 4 is 11.6 Å². The molecule has 1 aliphatic heterocycles. The first-order valence-electron chi connectivity index (χ1n) is 8.88. The highest BCUT2D eigenvalue weighted by Crippen LogP contribution is 2.36. The number of anilines is 1. The van der Waals surface area contributed by atoms with Crippen molar-refractivity contribution in [2.45, 2.75) is 37.9 Å². The normalized spacial score (nSPS) is 20.3. The zero-order valence-corrected chi connectivity index (χ0v) is 14.5. The van der Waals surface area contributed by atoms with E-state index < -0.39 is 0 Å². The Kier molecular flexibility index (Phi) is 4.40. The highest BCUT2D eigenvalue weighted by molar-refractivity contribution is 6.00. The minimum atomic E-state index is -0.0700. The molecular weight excluding hydrogens is 314 g/mol. The number of hydrogen-bond donors (Lipinski definition) is 0. The van der Waals surface area contributed by atoms with Gasteiger partial charge in [0.1, 0.15) is 5.75 Å². The largest absolute Gasteiger partial charge is 0.495 e. The molecular formula is C20H23N3O2. The van der Waals surface area contributed by atoms with Gasteiger partial charge in [-0.25, -0.2) is 0 Å². The summed E-state index contributed by atoms with van der Waals surface area (Å²) in [4.78, 5) is 21.8. The van der Waals surface area contributed by atoms with E-state index in [-0.39, 0.29) is 11.9 Å². The van der Waals surface area contributed by atoms with Crippen LogP contribution in [0.4, 0.5) is 5.69 Å². The van der Waals surface area contributed by atoms with E-state index in [1.165, 1.54) is 12.8 Å². The fourth-order valence-corrected chi connectivity index (χ4v) is 3.64. The quantitative estimate of drug-likeness (QED) is 0.813. The van der Waals surface area contributed by atoms with Crippen LogP contribution in [0.25, 0.3) is 0 Å². The van der Waals surface area contributed by atoms with Crippen LogP contribution in [-0.2, 0) is 11.3 Å². The summed E-state index contributed by atoms with van der Waals surface area (Å²) in [5.74, 6) is 0.923. The van der Waals surface area contributed by atoms with Crippen molar-refractivity contribution in [2.75, 3.05) is 18.6 Å². The van der Waals surface area contributed by atoms with Gasteiger partial charge in [0.25, 0.3) is 0 Å². The number of methoxy groups -OCH3 is 1. The van der Waals surface area contributed by atoms with Crippen molar-refractivity contribution in [3.8, 4) is 5.75 Å². The third-order valence-corrected chi connectivity index (χ3v) is 5.04. The highest BCUT2D eigenvalue weighted by atomic mass is 16.5. The van der Waals surface area contributed by atoms with Crippen LogP contribution < -0.4 is 9.64 Å². The van der Waals surface area contributed by atoms with Crippen molar-refractivity contribution in [1.82, 2.24) is 9.88 Å². The molecule has 1 amide bonds. The molecule has 130 valence electrons. The molecule has 0 N–H and O–H groups in total. The van der Waals surface area contributed by atoms with Crippen molar-refractivity contribution in [3.05, 3.63) is 54.4 Å². The lowest BCUT2D eigenvalue weighted by Crippen LogP contribution is -2.43. The zero-order valence-electron chi connectivity index (χ0n) is 14.5. The lowest BCUT2D eigenvalue weighted by Gasteiger charge is -2.28. The van der Waals surface area contributed by atoms with E-state index in [4.69, 9.17) is 4.74 Å². The number of aromatic nitrogens is 1. The van der Waals surface area contributed by atoms with Gasteiger partial charge >= 0.3 is 0 Å². The summed E-state index contributed by atoms with van der Waals surface area (Å²) in [7, 11) is 1.65. The summed E-state index contributed by atoms with van der Waals surface area (Å²) in [5.41, 5.74) is 1.89. The van der Waals surface area contributed by atoms with Crippen molar-refractivity contribution in [3.63, 3.8) is 0 Å². The van der Waals surface area contributed by atoms with Crippen LogP contribution >= 0.6 is 0 Å². The number of carbonyl (C=O) groups is 1. The van der Waals surface area contributed by atoms with Crippen LogP contribution in [0.1, 0.15) is 25.0 Å². The second-order valence-electron chi connectivity index (χ2n) is 6.69. The SMILES string of the molecule is COc1ccccc1N1CC[C@@H](N(Cc2ccccn2)C2CC2)C1=O. The van der Waals surface area contributed by atoms with E-state index in [0.717, 1.165) is 36.6 Å². The molecule has 2 heterocycles. The Morgan fingerprint density at radius 2 is 1.96 bits per heavy atom. The molecule has 1 saturated carbocycles. The number of para-hydroxylation sites is 2. The van der Waals surface area contributed by atoms with Crippen LogP contribution in [-0.4, -0.2) is 41.5 Å². The first kappa shape index (κ1) is 16.1. The first-order valence-corrected chi connectivity index (χ1v) is 8.88. The van der Waals surface area contributed by atoms with E-state index in [1.807, 2.05) is 53.6 Å². The molecule has 0 spiro atoms. The molecule has 0 bridgehead atoms. The van der Waals surface area contributed by atoms with Crippen molar-refractivity contribution < 1.29 is 9.53 Å². The molecule has 2 aliphatic rings. The second kappa shape index (κ2) is 6.84. The number of nitrogens with zero attached hydrogens (tertiary/aromatic N) is 3. The average Bonchev–Trinajstić information content (AvgIpc) is 3.43. The summed E-state index contributed by atoms with van der Waals surface area (Å²) < 4.78 is 5.44. The number of ether oxygens (including phenoxy) is 1. The summed E-state index contributed by atoms with van der Waals surface area (Å²) in [6.07, 6.45) is 5.01. The summed E-state index contributed by atoms with van der Waals surface area (Å²) in [6, 6.07) is 14.1. The zero-order chi connectivity index (χ0) is 17.2. The topological polar surface area (TPSA) is 45.7 Å². The maximum absolute atomic E-state index is 13.1. The number of benzene rings is 1. The molecule has 5 nitrogen and oxygen atoms in total. The molecule has 1 aromatic heterocycles. The predicted octanol–water partition coefficient (Wildman–Crippen LogP) is 2.86. The third-order valence-electron chi connectivity index (χ3n) is 5.04. The van der Waals surface area contributed by atoms with Gasteiger partial charge in [0.2, 0.25) is 5.91 Å². The fourth-order valence-electron chi connectivity index (χ4n) is 3.64. The van der Waals surface area contributed by atoms with Crippen LogP contribution in [0, 0.1) is 0 Å². The second-order valence-corrected chi connectivity index (χ2v) is 6.69. The van der Waals surface area contributed by atoms with E-state index >= 15 is 0 Å². The average molecular weight is 337 g/mol. The molecule has 25 heavy (non-hydrogen) atoms. The van der Waals surface area contributed by atoms with Gasteiger partial charge in [-0.05, 0) is 43.5 Å². The fraction of sp³-hybridized carbons (Fsp3) is 0.400. The Bertz CT molecular complexity index is 746. The predicted molar refractivity (Wildman–Crippen MR) is 96.6 cm³/mol. The van der Waals surface area contributed by atoms with E-state index in [1.54, 1.807) is 7.11 Å². The molecule has 4 rings (SSSR count). The van der Waals surface area contributed by atoms with Crippen molar-refractivity contribution in [2.24, 2.45) is 0 Å². The summed E-state index contributed by atoms with van der Waals surface area (Å²) >= 11 is 0. The summed E-state index contributed by atoms with van der Waals surface area (Å²) in [5, 5.41) is 0. The van der Waals surface area contributed by atoms with Gasteiger partial charge in [-0.3, -0.25) is 14.7 Å². The molecule has 0 unspecified atom stereocenters. The molecule has 1 aromatic carbocycles. The molecule has 1 aliphatic carbocycles. The number of amides is 1. The monoisotopic (exact) mass is 337 g/mol. The van der Waals surface area contributed by atoms with E-state index in [0.29, 0.717) is 6.04 Å². The van der Waals surface area contributed by atoms with Crippen molar-refractivity contribution in [1.29, 1.82) is 0 Å². The molecule has 5 heteroatoms. The van der Waals surface area contributed by atoms with Gasteiger partial charge in [0, 0.05) is 25.3 Å². The van der Waals surface area contributed by atoms with E-state index in [9.17, 15) is 4.79 Å². The molecule has 1 saturated heterocycles. The Morgan fingerprint density at radius 1 is 1.16 bits per heavy atom. The van der Waals surface area contributed by atoms with Gasteiger partial charge in [-0.1, -0.05) is 18.2 Å². The Morgan fingerprint density at radius 3 is 2.68 bits per heavy atom. The maximum atomic E-state index is 13.1. The van der Waals surface area contributed by atoms with E-state index in [2.05, 4.69) is 9.88 Å². The Labute approximate surface area is 148 Å². The van der Waals surface area contributed by atoms with Gasteiger partial charge in [-0.15, -0.1) is 0 Å². The number of pyridine rings is 1. The molecule has 1 atom stereocenters. The maximum Gasteiger partial charge on any atom is 0.244 e. The number of carbonyl (C=O) groups excluding carboxylic acids is 1. The van der Waals surface area contributed by atoms with Crippen LogP contribution in [0.5, 0.6) is 5.75 Å².